The van der Waals surface area contributed by atoms with Gasteiger partial charge in [-0.3, -0.25) is 4.79 Å². The lowest BCUT2D eigenvalue weighted by Crippen LogP contribution is -2.57. The number of carboxylic acids is 1. The first-order chi connectivity index (χ1) is 16.2. The smallest absolute Gasteiger partial charge is 0.475 e. The molecular formula is C16H13F9N4O6S. The minimum atomic E-state index is -5.08. The number of hydrogen-bond donors (Lipinski definition) is 3. The molecule has 36 heavy (non-hydrogen) atoms. The number of carbonyl (C=O) groups excluding carboxylic acids is 1. The number of aliphatic carboxylic acids is 1. The van der Waals surface area contributed by atoms with E-state index < -0.39 is 81.8 Å². The van der Waals surface area contributed by atoms with E-state index in [4.69, 9.17) is 9.90 Å². The maximum Gasteiger partial charge on any atom is 0.490 e. The van der Waals surface area contributed by atoms with Crippen LogP contribution in [-0.2, 0) is 30.0 Å². The second kappa shape index (κ2) is 9.81. The summed E-state index contributed by atoms with van der Waals surface area (Å²) in [6.07, 6.45) is -16.6. The van der Waals surface area contributed by atoms with Crippen LogP contribution in [0, 0.1) is 0 Å². The van der Waals surface area contributed by atoms with Crippen molar-refractivity contribution in [1.29, 1.82) is 0 Å². The average Bonchev–Trinajstić information content (AvgIpc) is 3.55. The summed E-state index contributed by atoms with van der Waals surface area (Å²) in [4.78, 5) is 20.4. The molecular weight excluding hydrogens is 547 g/mol. The van der Waals surface area contributed by atoms with Gasteiger partial charge in [-0.2, -0.15) is 39.5 Å². The van der Waals surface area contributed by atoms with E-state index in [2.05, 4.69) is 20.3 Å². The van der Waals surface area contributed by atoms with Crippen LogP contribution >= 0.6 is 0 Å². The second-order valence-electron chi connectivity index (χ2n) is 6.99. The first-order valence-corrected chi connectivity index (χ1v) is 10.6. The highest BCUT2D eigenvalue weighted by Crippen LogP contribution is 2.52. The SMILES string of the molecule is O=C(NS(=O)(=O)c1ccc(C2(C(F)(F)F)N=N2)cc1)C1COC(C(F)(F)F)CN1.O=C(O)C(F)(F)F. The van der Waals surface area contributed by atoms with Gasteiger partial charge >= 0.3 is 30.2 Å². The Kier molecular flexibility index (Phi) is 7.96. The number of halogens is 9. The quantitative estimate of drug-likeness (QED) is 0.479. The molecule has 3 N–H and O–H groups in total. The molecule has 0 aliphatic carbocycles. The van der Waals surface area contributed by atoms with Crippen LogP contribution in [0.3, 0.4) is 0 Å². The molecule has 2 atom stereocenters. The van der Waals surface area contributed by atoms with Gasteiger partial charge in [-0.1, -0.05) is 12.1 Å². The van der Waals surface area contributed by atoms with Crippen LogP contribution in [-0.4, -0.2) is 69.2 Å². The molecule has 2 aliphatic rings. The molecule has 0 saturated carbocycles. The Bertz CT molecular complexity index is 1100. The Morgan fingerprint density at radius 3 is 1.86 bits per heavy atom. The van der Waals surface area contributed by atoms with Crippen LogP contribution in [0.5, 0.6) is 0 Å². The van der Waals surface area contributed by atoms with E-state index in [0.29, 0.717) is 0 Å². The van der Waals surface area contributed by atoms with E-state index in [-0.39, 0.29) is 0 Å². The van der Waals surface area contributed by atoms with Gasteiger partial charge < -0.3 is 15.2 Å². The molecule has 0 radical (unpaired) electrons. The maximum absolute atomic E-state index is 12.9. The second-order valence-corrected chi connectivity index (χ2v) is 8.67. The maximum atomic E-state index is 12.9. The van der Waals surface area contributed by atoms with E-state index in [1.165, 1.54) is 0 Å². The molecule has 10 nitrogen and oxygen atoms in total. The van der Waals surface area contributed by atoms with Crippen molar-refractivity contribution in [2.75, 3.05) is 13.2 Å². The molecule has 1 fully saturated rings. The highest BCUT2D eigenvalue weighted by molar-refractivity contribution is 7.90. The number of amides is 1. The molecule has 202 valence electrons. The zero-order valence-electron chi connectivity index (χ0n) is 17.1. The fraction of sp³-hybridized carbons (Fsp3) is 0.500. The molecule has 0 bridgehead atoms. The topological polar surface area (TPSA) is 147 Å². The third-order valence-electron chi connectivity index (χ3n) is 4.44. The molecule has 2 heterocycles. The third-order valence-corrected chi connectivity index (χ3v) is 5.80. The summed E-state index contributed by atoms with van der Waals surface area (Å²) in [5, 5.41) is 15.3. The van der Waals surface area contributed by atoms with Crippen molar-refractivity contribution in [3.8, 4) is 0 Å². The van der Waals surface area contributed by atoms with Gasteiger partial charge in [-0.05, 0) is 12.1 Å². The number of benzene rings is 1. The Hall–Kier alpha value is -3.00. The van der Waals surface area contributed by atoms with Gasteiger partial charge in [0.05, 0.1) is 11.5 Å². The molecule has 2 aliphatic heterocycles. The van der Waals surface area contributed by atoms with Crippen LogP contribution in [0.4, 0.5) is 39.5 Å². The van der Waals surface area contributed by atoms with Crippen LogP contribution in [0.25, 0.3) is 0 Å². The van der Waals surface area contributed by atoms with Crippen LogP contribution in [0.15, 0.2) is 39.4 Å². The van der Waals surface area contributed by atoms with E-state index in [9.17, 15) is 52.7 Å². The van der Waals surface area contributed by atoms with Crippen molar-refractivity contribution in [2.45, 2.75) is 41.2 Å². The van der Waals surface area contributed by atoms with E-state index in [0.717, 1.165) is 24.3 Å². The normalized spacial score (nSPS) is 21.7. The van der Waals surface area contributed by atoms with Crippen molar-refractivity contribution in [2.24, 2.45) is 10.2 Å². The Morgan fingerprint density at radius 1 is 1.03 bits per heavy atom. The summed E-state index contributed by atoms with van der Waals surface area (Å²) in [5.74, 6) is -3.93. The number of nitrogens with one attached hydrogen (secondary N) is 2. The summed E-state index contributed by atoms with van der Waals surface area (Å²) >= 11 is 0. The van der Waals surface area contributed by atoms with Crippen LogP contribution in [0.2, 0.25) is 0 Å². The molecule has 2 unspecified atom stereocenters. The fourth-order valence-electron chi connectivity index (χ4n) is 2.53. The summed E-state index contributed by atoms with van der Waals surface area (Å²) in [7, 11) is -4.49. The number of hydrogen-bond acceptors (Lipinski definition) is 8. The predicted octanol–water partition coefficient (Wildman–Crippen LogP) is 2.22. The zero-order chi connectivity index (χ0) is 27.7. The summed E-state index contributed by atoms with van der Waals surface area (Å²) in [5.41, 5.74) is -3.13. The van der Waals surface area contributed by atoms with E-state index >= 15 is 0 Å². The van der Waals surface area contributed by atoms with Crippen molar-refractivity contribution in [3.05, 3.63) is 29.8 Å². The minimum absolute atomic E-state index is 0.407. The molecule has 0 spiro atoms. The monoisotopic (exact) mass is 560 g/mol. The highest BCUT2D eigenvalue weighted by Gasteiger charge is 2.65. The number of carboxylic acid groups (broad SMARTS) is 1. The van der Waals surface area contributed by atoms with Gasteiger partial charge in [0, 0.05) is 12.1 Å². The fourth-order valence-corrected chi connectivity index (χ4v) is 3.55. The number of sulfonamides is 1. The number of alkyl halides is 9. The Morgan fingerprint density at radius 2 is 1.53 bits per heavy atom. The Labute approximate surface area is 194 Å². The van der Waals surface area contributed by atoms with Crippen LogP contribution < -0.4 is 10.0 Å². The number of morpholine rings is 1. The zero-order valence-corrected chi connectivity index (χ0v) is 17.9. The van der Waals surface area contributed by atoms with Crippen molar-refractivity contribution in [3.63, 3.8) is 0 Å². The first-order valence-electron chi connectivity index (χ1n) is 9.10. The van der Waals surface area contributed by atoms with Gasteiger partial charge in [0.15, 0.2) is 6.10 Å². The van der Waals surface area contributed by atoms with Gasteiger partial charge in [-0.15, -0.1) is 10.2 Å². The average molecular weight is 560 g/mol. The highest BCUT2D eigenvalue weighted by atomic mass is 32.2. The van der Waals surface area contributed by atoms with Crippen molar-refractivity contribution >= 4 is 21.9 Å². The predicted molar refractivity (Wildman–Crippen MR) is 95.6 cm³/mol. The summed E-state index contributed by atoms with van der Waals surface area (Å²) < 4.78 is 139. The largest absolute Gasteiger partial charge is 0.490 e. The molecule has 20 heteroatoms. The minimum Gasteiger partial charge on any atom is -0.475 e. The van der Waals surface area contributed by atoms with Crippen molar-refractivity contribution < 1.29 is 67.4 Å². The lowest BCUT2D eigenvalue weighted by atomic mass is 10.0. The summed E-state index contributed by atoms with van der Waals surface area (Å²) in [6, 6.07) is 1.99. The molecule has 1 aromatic rings. The standard InChI is InChI=1S/C14H12F6N4O4S.C2HF3O2/c15-13(16,17)10-5-21-9(6-28-10)11(25)22-29(26,27)8-3-1-7(2-4-8)12(23-24-12)14(18,19)20;3-2(4,5)1(6)7/h1-4,9-10,21H,5-6H2,(H,22,25);(H,6,7). The van der Waals surface area contributed by atoms with Gasteiger partial charge in [-0.25, -0.2) is 17.9 Å². The lowest BCUT2D eigenvalue weighted by Gasteiger charge is -2.30. The molecule has 1 amide bonds. The lowest BCUT2D eigenvalue weighted by molar-refractivity contribution is -0.228. The van der Waals surface area contributed by atoms with Gasteiger partial charge in [0.25, 0.3) is 15.9 Å². The third kappa shape index (κ3) is 6.81. The first kappa shape index (κ1) is 29.2. The molecule has 3 rings (SSSR count). The van der Waals surface area contributed by atoms with Crippen LogP contribution in [0.1, 0.15) is 5.56 Å². The van der Waals surface area contributed by atoms with Gasteiger partial charge in [0.2, 0.25) is 0 Å². The molecule has 0 aromatic heterocycles. The summed E-state index contributed by atoms with van der Waals surface area (Å²) in [6.45, 7) is -1.47. The number of rotatable bonds is 4. The number of nitrogens with zero attached hydrogens (tertiary/aromatic N) is 2. The van der Waals surface area contributed by atoms with Crippen molar-refractivity contribution in [1.82, 2.24) is 10.0 Å². The molecule has 1 saturated heterocycles. The van der Waals surface area contributed by atoms with Gasteiger partial charge in [0.1, 0.15) is 6.04 Å². The van der Waals surface area contributed by atoms with E-state index in [1.807, 2.05) is 0 Å². The number of carbonyl (C=O) groups is 2. The van der Waals surface area contributed by atoms with E-state index in [1.54, 1.807) is 4.72 Å². The number of ether oxygens (including phenoxy) is 1. The Balaban J connectivity index is 0.000000572. The molecule has 1 aromatic carbocycles.